The van der Waals surface area contributed by atoms with Gasteiger partial charge in [0.25, 0.3) is 5.91 Å². The summed E-state index contributed by atoms with van der Waals surface area (Å²) >= 11 is 6.11. The Balaban J connectivity index is 1.98. The van der Waals surface area contributed by atoms with Gasteiger partial charge in [-0.15, -0.1) is 0 Å². The highest BCUT2D eigenvalue weighted by Crippen LogP contribution is 2.18. The van der Waals surface area contributed by atoms with Crippen LogP contribution in [0.3, 0.4) is 0 Å². The molecule has 2 aromatic rings. The van der Waals surface area contributed by atoms with Crippen molar-refractivity contribution in [3.05, 3.63) is 64.7 Å². The minimum absolute atomic E-state index is 0.149. The highest BCUT2D eigenvalue weighted by molar-refractivity contribution is 6.31. The average Bonchev–Trinajstić information content (AvgIpc) is 2.59. The van der Waals surface area contributed by atoms with Crippen molar-refractivity contribution >= 4 is 29.1 Å². The maximum atomic E-state index is 12.3. The zero-order chi connectivity index (χ0) is 18.2. The van der Waals surface area contributed by atoms with Crippen LogP contribution in [0.5, 0.6) is 0 Å². The molecule has 0 saturated heterocycles. The average molecular weight is 359 g/mol. The summed E-state index contributed by atoms with van der Waals surface area (Å²) < 4.78 is 0. The van der Waals surface area contributed by atoms with Gasteiger partial charge in [0, 0.05) is 18.0 Å². The quantitative estimate of drug-likeness (QED) is 0.775. The molecule has 0 unspecified atom stereocenters. The Kier molecular flexibility index (Phi) is 7.02. The van der Waals surface area contributed by atoms with Crippen LogP contribution < -0.4 is 10.6 Å². The van der Waals surface area contributed by atoms with Crippen molar-refractivity contribution in [2.75, 3.05) is 11.9 Å². The highest BCUT2D eigenvalue weighted by atomic mass is 35.5. The van der Waals surface area contributed by atoms with Gasteiger partial charge in [-0.3, -0.25) is 9.59 Å². The van der Waals surface area contributed by atoms with E-state index in [0.29, 0.717) is 41.6 Å². The largest absolute Gasteiger partial charge is 0.352 e. The molecule has 0 spiro atoms. The van der Waals surface area contributed by atoms with Gasteiger partial charge in [0.15, 0.2) is 0 Å². The molecule has 132 valence electrons. The molecular formula is C20H23ClN2O2. The maximum Gasteiger partial charge on any atom is 0.253 e. The standard InChI is InChI=1S/C20H23ClN2O2/c1-14(2)13-22-20(25)16-8-4-6-10-18(16)23-19(24)12-11-15-7-3-5-9-17(15)21/h3-10,14H,11-13H2,1-2H3,(H,22,25)(H,23,24). The van der Waals surface area contributed by atoms with Gasteiger partial charge in [-0.05, 0) is 36.1 Å². The summed E-state index contributed by atoms with van der Waals surface area (Å²) in [6.45, 7) is 4.65. The fraction of sp³-hybridized carbons (Fsp3) is 0.300. The fourth-order valence-electron chi connectivity index (χ4n) is 2.34. The molecule has 2 rings (SSSR count). The summed E-state index contributed by atoms with van der Waals surface area (Å²) in [5, 5.41) is 6.35. The second kappa shape index (κ2) is 9.23. The van der Waals surface area contributed by atoms with Crippen LogP contribution in [-0.4, -0.2) is 18.4 Å². The van der Waals surface area contributed by atoms with Crippen molar-refractivity contribution < 1.29 is 9.59 Å². The van der Waals surface area contributed by atoms with Gasteiger partial charge >= 0.3 is 0 Å². The van der Waals surface area contributed by atoms with Crippen LogP contribution in [0.25, 0.3) is 0 Å². The molecule has 0 aromatic heterocycles. The Morgan fingerprint density at radius 3 is 2.44 bits per heavy atom. The van der Waals surface area contributed by atoms with Crippen molar-refractivity contribution in [3.63, 3.8) is 0 Å². The Labute approximate surface area is 153 Å². The second-order valence-electron chi connectivity index (χ2n) is 6.29. The third-order valence-corrected chi connectivity index (χ3v) is 4.06. The molecule has 5 heteroatoms. The number of anilines is 1. The van der Waals surface area contributed by atoms with E-state index >= 15 is 0 Å². The van der Waals surface area contributed by atoms with Gasteiger partial charge in [0.1, 0.15) is 0 Å². The predicted octanol–water partition coefficient (Wildman–Crippen LogP) is 4.30. The summed E-state index contributed by atoms with van der Waals surface area (Å²) in [5.74, 6) is 0.0288. The molecule has 0 radical (unpaired) electrons. The van der Waals surface area contributed by atoms with Crippen molar-refractivity contribution in [2.45, 2.75) is 26.7 Å². The summed E-state index contributed by atoms with van der Waals surface area (Å²) in [6.07, 6.45) is 0.846. The molecular weight excluding hydrogens is 336 g/mol. The molecule has 2 aromatic carbocycles. The summed E-state index contributed by atoms with van der Waals surface area (Å²) in [5.41, 5.74) is 1.92. The monoisotopic (exact) mass is 358 g/mol. The number of rotatable bonds is 7. The Bertz CT molecular complexity index is 744. The lowest BCUT2D eigenvalue weighted by atomic mass is 10.1. The van der Waals surface area contributed by atoms with E-state index in [0.717, 1.165) is 5.56 Å². The van der Waals surface area contributed by atoms with Crippen molar-refractivity contribution in [1.29, 1.82) is 0 Å². The highest BCUT2D eigenvalue weighted by Gasteiger charge is 2.13. The van der Waals surface area contributed by atoms with Gasteiger partial charge in [-0.1, -0.05) is 55.8 Å². The van der Waals surface area contributed by atoms with E-state index in [1.807, 2.05) is 38.1 Å². The number of halogens is 1. The first-order valence-corrected chi connectivity index (χ1v) is 8.75. The van der Waals surface area contributed by atoms with E-state index in [4.69, 9.17) is 11.6 Å². The molecule has 0 aliphatic heterocycles. The van der Waals surface area contributed by atoms with E-state index in [-0.39, 0.29) is 11.8 Å². The Morgan fingerprint density at radius 2 is 1.72 bits per heavy atom. The number of hydrogen-bond donors (Lipinski definition) is 2. The molecule has 0 aliphatic rings. The zero-order valence-corrected chi connectivity index (χ0v) is 15.3. The third kappa shape index (κ3) is 5.91. The molecule has 2 N–H and O–H groups in total. The predicted molar refractivity (Wildman–Crippen MR) is 102 cm³/mol. The van der Waals surface area contributed by atoms with Gasteiger partial charge in [0.2, 0.25) is 5.91 Å². The normalized spacial score (nSPS) is 10.6. The number of aryl methyl sites for hydroxylation is 1. The van der Waals surface area contributed by atoms with Crippen molar-refractivity contribution in [3.8, 4) is 0 Å². The number of carbonyl (C=O) groups excluding carboxylic acids is 2. The van der Waals surface area contributed by atoms with Crippen LogP contribution in [0.2, 0.25) is 5.02 Å². The van der Waals surface area contributed by atoms with Crippen LogP contribution >= 0.6 is 11.6 Å². The molecule has 0 bridgehead atoms. The van der Waals surface area contributed by atoms with Crippen LogP contribution in [0.15, 0.2) is 48.5 Å². The van der Waals surface area contributed by atoms with E-state index in [1.54, 1.807) is 24.3 Å². The molecule has 4 nitrogen and oxygen atoms in total. The number of amides is 2. The first kappa shape index (κ1) is 19.0. The summed E-state index contributed by atoms with van der Waals surface area (Å²) in [7, 11) is 0. The van der Waals surface area contributed by atoms with Gasteiger partial charge in [-0.2, -0.15) is 0 Å². The minimum atomic E-state index is -0.185. The van der Waals surface area contributed by atoms with E-state index in [2.05, 4.69) is 10.6 Å². The SMILES string of the molecule is CC(C)CNC(=O)c1ccccc1NC(=O)CCc1ccccc1Cl. The molecule has 25 heavy (non-hydrogen) atoms. The number of benzene rings is 2. The topological polar surface area (TPSA) is 58.2 Å². The van der Waals surface area contributed by atoms with Gasteiger partial charge in [0.05, 0.1) is 11.3 Å². The van der Waals surface area contributed by atoms with Gasteiger partial charge in [-0.25, -0.2) is 0 Å². The molecule has 0 aliphatic carbocycles. The first-order chi connectivity index (χ1) is 12.0. The van der Waals surface area contributed by atoms with Crippen LogP contribution in [0, 0.1) is 5.92 Å². The lowest BCUT2D eigenvalue weighted by Gasteiger charge is -2.12. The minimum Gasteiger partial charge on any atom is -0.352 e. The van der Waals surface area contributed by atoms with E-state index in [9.17, 15) is 9.59 Å². The molecule has 0 saturated carbocycles. The maximum absolute atomic E-state index is 12.3. The third-order valence-electron chi connectivity index (χ3n) is 3.70. The zero-order valence-electron chi connectivity index (χ0n) is 14.5. The summed E-state index contributed by atoms with van der Waals surface area (Å²) in [4.78, 5) is 24.5. The summed E-state index contributed by atoms with van der Waals surface area (Å²) in [6, 6.07) is 14.5. The number of carbonyl (C=O) groups is 2. The lowest BCUT2D eigenvalue weighted by Crippen LogP contribution is -2.28. The van der Waals surface area contributed by atoms with Crippen LogP contribution in [0.4, 0.5) is 5.69 Å². The lowest BCUT2D eigenvalue weighted by molar-refractivity contribution is -0.116. The number of hydrogen-bond acceptors (Lipinski definition) is 2. The smallest absolute Gasteiger partial charge is 0.253 e. The van der Waals surface area contributed by atoms with Crippen molar-refractivity contribution in [2.24, 2.45) is 5.92 Å². The van der Waals surface area contributed by atoms with Crippen molar-refractivity contribution in [1.82, 2.24) is 5.32 Å². The second-order valence-corrected chi connectivity index (χ2v) is 6.70. The van der Waals surface area contributed by atoms with Crippen LogP contribution in [-0.2, 0) is 11.2 Å². The van der Waals surface area contributed by atoms with Gasteiger partial charge < -0.3 is 10.6 Å². The fourth-order valence-corrected chi connectivity index (χ4v) is 2.57. The first-order valence-electron chi connectivity index (χ1n) is 8.38. The molecule has 0 fully saturated rings. The molecule has 0 heterocycles. The number of para-hydroxylation sites is 1. The van der Waals surface area contributed by atoms with E-state index in [1.165, 1.54) is 0 Å². The molecule has 0 atom stereocenters. The molecule has 2 amide bonds. The van der Waals surface area contributed by atoms with Crippen LogP contribution in [0.1, 0.15) is 36.2 Å². The van der Waals surface area contributed by atoms with E-state index < -0.39 is 0 Å². The Hall–Kier alpha value is -2.33. The number of nitrogens with one attached hydrogen (secondary N) is 2. The Morgan fingerprint density at radius 1 is 1.04 bits per heavy atom.